The second-order valence-electron chi connectivity index (χ2n) is 5.68. The first-order valence-electron chi connectivity index (χ1n) is 7.62. The number of nitrogens with zero attached hydrogens (tertiary/aromatic N) is 1. The van der Waals surface area contributed by atoms with Crippen molar-refractivity contribution in [3.05, 3.63) is 30.1 Å². The highest BCUT2D eigenvalue weighted by molar-refractivity contribution is 5.72. The van der Waals surface area contributed by atoms with Gasteiger partial charge in [-0.1, -0.05) is 6.07 Å². The Hall–Kier alpha value is -1.46. The SMILES string of the molecule is CCOC(=O)C1CCC(O)(CNCc2ccccn2)CC1. The first-order chi connectivity index (χ1) is 10.1. The number of aromatic nitrogens is 1. The highest BCUT2D eigenvalue weighted by Gasteiger charge is 2.35. The summed E-state index contributed by atoms with van der Waals surface area (Å²) in [6.07, 6.45) is 4.41. The lowest BCUT2D eigenvalue weighted by molar-refractivity contribution is -0.151. The van der Waals surface area contributed by atoms with E-state index in [0.717, 1.165) is 5.69 Å². The lowest BCUT2D eigenvalue weighted by Crippen LogP contribution is -2.44. The third-order valence-electron chi connectivity index (χ3n) is 4.02. The van der Waals surface area contributed by atoms with Gasteiger partial charge in [0.2, 0.25) is 0 Å². The number of carbonyl (C=O) groups is 1. The summed E-state index contributed by atoms with van der Waals surface area (Å²) in [6.45, 7) is 3.41. The number of nitrogens with one attached hydrogen (secondary N) is 1. The third-order valence-corrected chi connectivity index (χ3v) is 4.02. The molecule has 1 saturated carbocycles. The van der Waals surface area contributed by atoms with Gasteiger partial charge in [-0.25, -0.2) is 0 Å². The maximum atomic E-state index is 11.7. The summed E-state index contributed by atoms with van der Waals surface area (Å²) in [7, 11) is 0. The maximum absolute atomic E-state index is 11.7. The molecule has 1 heterocycles. The van der Waals surface area contributed by atoms with E-state index in [1.807, 2.05) is 25.1 Å². The summed E-state index contributed by atoms with van der Waals surface area (Å²) in [5.41, 5.74) is 0.235. The van der Waals surface area contributed by atoms with Crippen LogP contribution in [0.25, 0.3) is 0 Å². The van der Waals surface area contributed by atoms with Crippen molar-refractivity contribution in [1.29, 1.82) is 0 Å². The molecule has 0 saturated heterocycles. The van der Waals surface area contributed by atoms with Gasteiger partial charge in [-0.05, 0) is 44.7 Å². The van der Waals surface area contributed by atoms with Crippen LogP contribution in [0, 0.1) is 5.92 Å². The normalized spacial score (nSPS) is 25.5. The lowest BCUT2D eigenvalue weighted by Gasteiger charge is -2.35. The maximum Gasteiger partial charge on any atom is 0.308 e. The molecule has 1 aliphatic rings. The van der Waals surface area contributed by atoms with E-state index < -0.39 is 5.60 Å². The first kappa shape index (κ1) is 15.9. The topological polar surface area (TPSA) is 71.5 Å². The zero-order valence-corrected chi connectivity index (χ0v) is 12.5. The second kappa shape index (κ2) is 7.52. The van der Waals surface area contributed by atoms with E-state index in [1.165, 1.54) is 0 Å². The molecule has 0 aromatic carbocycles. The van der Waals surface area contributed by atoms with Crippen molar-refractivity contribution in [2.24, 2.45) is 5.92 Å². The number of rotatable bonds is 6. The Morgan fingerprint density at radius 3 is 2.86 bits per heavy atom. The summed E-state index contributed by atoms with van der Waals surface area (Å²) in [4.78, 5) is 15.9. The number of aliphatic hydroxyl groups is 1. The van der Waals surface area contributed by atoms with Gasteiger partial charge >= 0.3 is 5.97 Å². The fourth-order valence-corrected chi connectivity index (χ4v) is 2.75. The largest absolute Gasteiger partial charge is 0.466 e. The van der Waals surface area contributed by atoms with Crippen LogP contribution in [-0.4, -0.2) is 34.8 Å². The molecule has 1 aliphatic carbocycles. The molecule has 1 fully saturated rings. The summed E-state index contributed by atoms with van der Waals surface area (Å²) in [5.74, 6) is -0.179. The Morgan fingerprint density at radius 2 is 2.24 bits per heavy atom. The highest BCUT2D eigenvalue weighted by atomic mass is 16.5. The predicted molar refractivity (Wildman–Crippen MR) is 79.5 cm³/mol. The van der Waals surface area contributed by atoms with Gasteiger partial charge in [-0.2, -0.15) is 0 Å². The number of pyridine rings is 1. The van der Waals surface area contributed by atoms with E-state index in [-0.39, 0.29) is 11.9 Å². The number of hydrogen-bond donors (Lipinski definition) is 2. The van der Waals surface area contributed by atoms with Crippen LogP contribution in [0.2, 0.25) is 0 Å². The highest BCUT2D eigenvalue weighted by Crippen LogP contribution is 2.32. The average molecular weight is 292 g/mol. The van der Waals surface area contributed by atoms with E-state index in [2.05, 4.69) is 10.3 Å². The van der Waals surface area contributed by atoms with E-state index in [1.54, 1.807) is 6.20 Å². The van der Waals surface area contributed by atoms with E-state index in [9.17, 15) is 9.90 Å². The number of ether oxygens (including phenoxy) is 1. The molecular formula is C16H24N2O3. The van der Waals surface area contributed by atoms with Gasteiger partial charge in [-0.15, -0.1) is 0 Å². The Balaban J connectivity index is 1.73. The minimum absolute atomic E-state index is 0.0546. The van der Waals surface area contributed by atoms with Crippen molar-refractivity contribution in [2.75, 3.05) is 13.2 Å². The molecule has 0 atom stereocenters. The third kappa shape index (κ3) is 4.79. The van der Waals surface area contributed by atoms with Crippen LogP contribution >= 0.6 is 0 Å². The van der Waals surface area contributed by atoms with Gasteiger partial charge < -0.3 is 15.2 Å². The van der Waals surface area contributed by atoms with Gasteiger partial charge in [0.15, 0.2) is 0 Å². The minimum atomic E-state index is -0.724. The number of carbonyl (C=O) groups excluding carboxylic acids is 1. The van der Waals surface area contributed by atoms with Crippen molar-refractivity contribution in [3.8, 4) is 0 Å². The summed E-state index contributed by atoms with van der Waals surface area (Å²) >= 11 is 0. The van der Waals surface area contributed by atoms with Crippen molar-refractivity contribution in [3.63, 3.8) is 0 Å². The molecule has 0 amide bonds. The molecule has 21 heavy (non-hydrogen) atoms. The molecule has 1 aromatic heterocycles. The summed E-state index contributed by atoms with van der Waals surface area (Å²) in [5, 5.41) is 13.8. The first-order valence-corrected chi connectivity index (χ1v) is 7.62. The van der Waals surface area contributed by atoms with Crippen LogP contribution in [0.3, 0.4) is 0 Å². The average Bonchev–Trinajstić information content (AvgIpc) is 2.49. The van der Waals surface area contributed by atoms with Crippen LogP contribution in [0.5, 0.6) is 0 Å². The number of esters is 1. The molecule has 1 aromatic rings. The molecule has 2 N–H and O–H groups in total. The molecule has 116 valence electrons. The van der Waals surface area contributed by atoms with Crippen molar-refractivity contribution in [1.82, 2.24) is 10.3 Å². The smallest absolute Gasteiger partial charge is 0.308 e. The summed E-state index contributed by atoms with van der Waals surface area (Å²) in [6, 6.07) is 5.78. The molecule has 5 heteroatoms. The molecular weight excluding hydrogens is 268 g/mol. The van der Waals surface area contributed by atoms with E-state index >= 15 is 0 Å². The van der Waals surface area contributed by atoms with Gasteiger partial charge in [0.1, 0.15) is 0 Å². The van der Waals surface area contributed by atoms with E-state index in [0.29, 0.717) is 45.4 Å². The molecule has 0 unspecified atom stereocenters. The summed E-state index contributed by atoms with van der Waals surface area (Å²) < 4.78 is 5.04. The molecule has 0 spiro atoms. The van der Waals surface area contributed by atoms with Gasteiger partial charge in [0, 0.05) is 19.3 Å². The Bertz CT molecular complexity index is 442. The van der Waals surface area contributed by atoms with Crippen LogP contribution in [0.4, 0.5) is 0 Å². The van der Waals surface area contributed by atoms with Crippen molar-refractivity contribution >= 4 is 5.97 Å². The van der Waals surface area contributed by atoms with E-state index in [4.69, 9.17) is 4.74 Å². The van der Waals surface area contributed by atoms with Gasteiger partial charge in [0.05, 0.1) is 23.8 Å². The standard InChI is InChI=1S/C16H24N2O3/c1-2-21-15(19)13-6-8-16(20,9-7-13)12-17-11-14-5-3-4-10-18-14/h3-5,10,13,17,20H,2,6-9,11-12H2,1H3. The van der Waals surface area contributed by atoms with Crippen LogP contribution in [-0.2, 0) is 16.1 Å². The van der Waals surface area contributed by atoms with Crippen molar-refractivity contribution < 1.29 is 14.6 Å². The quantitative estimate of drug-likeness (QED) is 0.780. The predicted octanol–water partition coefficient (Wildman–Crippen LogP) is 1.66. The monoisotopic (exact) mass is 292 g/mol. The Kier molecular flexibility index (Phi) is 5.70. The molecule has 0 radical (unpaired) electrons. The zero-order chi connectivity index (χ0) is 15.1. The molecule has 5 nitrogen and oxygen atoms in total. The fraction of sp³-hybridized carbons (Fsp3) is 0.625. The van der Waals surface area contributed by atoms with Crippen molar-refractivity contribution in [2.45, 2.75) is 44.8 Å². The Morgan fingerprint density at radius 1 is 1.48 bits per heavy atom. The van der Waals surface area contributed by atoms with Gasteiger partial charge in [-0.3, -0.25) is 9.78 Å². The molecule has 2 rings (SSSR count). The zero-order valence-electron chi connectivity index (χ0n) is 12.5. The van der Waals surface area contributed by atoms with Crippen LogP contribution < -0.4 is 5.32 Å². The Labute approximate surface area is 125 Å². The molecule has 0 aliphatic heterocycles. The second-order valence-corrected chi connectivity index (χ2v) is 5.68. The van der Waals surface area contributed by atoms with Crippen LogP contribution in [0.1, 0.15) is 38.3 Å². The number of hydrogen-bond acceptors (Lipinski definition) is 5. The molecule has 0 bridgehead atoms. The fourth-order valence-electron chi connectivity index (χ4n) is 2.75. The minimum Gasteiger partial charge on any atom is -0.466 e. The lowest BCUT2D eigenvalue weighted by atomic mass is 9.79. The van der Waals surface area contributed by atoms with Crippen LogP contribution in [0.15, 0.2) is 24.4 Å². The van der Waals surface area contributed by atoms with Gasteiger partial charge in [0.25, 0.3) is 0 Å².